The highest BCUT2D eigenvalue weighted by Gasteiger charge is 2.20. The molecule has 0 aromatic heterocycles. The highest BCUT2D eigenvalue weighted by atomic mass is 16.5. The molecule has 6 heteroatoms. The quantitative estimate of drug-likeness (QED) is 0.773. The molecule has 1 fully saturated rings. The van der Waals surface area contributed by atoms with Crippen LogP contribution in [0.15, 0.2) is 54.6 Å². The molecule has 28 heavy (non-hydrogen) atoms. The molecule has 1 aliphatic heterocycles. The average molecular weight is 381 g/mol. The molecule has 1 heterocycles. The fraction of sp³-hybridized carbons (Fsp3) is 0.364. The standard InChI is InChI=1S/C22H27N3O3/c1-17(26)23-20-9-7-18(8-10-20)15-22(27)24-21(19-5-3-2-4-6-19)16-25-11-13-28-14-12-25/h2-10,21H,11-16H2,1H3,(H,23,26)(H,24,27)/t21-/m1/s1. The van der Waals surface area contributed by atoms with E-state index >= 15 is 0 Å². The molecule has 2 aromatic rings. The van der Waals surface area contributed by atoms with Crippen LogP contribution in [0.3, 0.4) is 0 Å². The van der Waals surface area contributed by atoms with Crippen LogP contribution in [0.4, 0.5) is 5.69 Å². The number of hydrogen-bond donors (Lipinski definition) is 2. The first-order valence-electron chi connectivity index (χ1n) is 9.61. The van der Waals surface area contributed by atoms with Gasteiger partial charge in [-0.1, -0.05) is 42.5 Å². The van der Waals surface area contributed by atoms with Gasteiger partial charge in [-0.05, 0) is 23.3 Å². The van der Waals surface area contributed by atoms with Crippen molar-refractivity contribution in [1.29, 1.82) is 0 Å². The van der Waals surface area contributed by atoms with Crippen LogP contribution in [0, 0.1) is 0 Å². The van der Waals surface area contributed by atoms with E-state index in [9.17, 15) is 9.59 Å². The van der Waals surface area contributed by atoms with Gasteiger partial charge >= 0.3 is 0 Å². The maximum absolute atomic E-state index is 12.7. The lowest BCUT2D eigenvalue weighted by atomic mass is 10.0. The number of hydrogen-bond acceptors (Lipinski definition) is 4. The number of carbonyl (C=O) groups excluding carboxylic acids is 2. The van der Waals surface area contributed by atoms with Gasteiger partial charge in [0.1, 0.15) is 0 Å². The summed E-state index contributed by atoms with van der Waals surface area (Å²) < 4.78 is 5.43. The van der Waals surface area contributed by atoms with Crippen molar-refractivity contribution in [2.24, 2.45) is 0 Å². The van der Waals surface area contributed by atoms with Crippen LogP contribution < -0.4 is 10.6 Å². The summed E-state index contributed by atoms with van der Waals surface area (Å²) in [4.78, 5) is 26.1. The van der Waals surface area contributed by atoms with Crippen molar-refractivity contribution >= 4 is 17.5 Å². The zero-order valence-corrected chi connectivity index (χ0v) is 16.2. The van der Waals surface area contributed by atoms with Crippen molar-refractivity contribution in [2.75, 3.05) is 38.2 Å². The van der Waals surface area contributed by atoms with Crippen LogP contribution in [-0.4, -0.2) is 49.6 Å². The Morgan fingerprint density at radius 3 is 2.36 bits per heavy atom. The summed E-state index contributed by atoms with van der Waals surface area (Å²) in [5.74, 6) is -0.131. The minimum absolute atomic E-state index is 0.0191. The predicted octanol–water partition coefficient (Wildman–Crippen LogP) is 2.38. The normalized spacial score (nSPS) is 15.6. The summed E-state index contributed by atoms with van der Waals surface area (Å²) in [5.41, 5.74) is 2.74. The third kappa shape index (κ3) is 6.18. The Balaban J connectivity index is 1.62. The van der Waals surface area contributed by atoms with Gasteiger partial charge in [-0.15, -0.1) is 0 Å². The van der Waals surface area contributed by atoms with Crippen molar-refractivity contribution in [3.8, 4) is 0 Å². The molecule has 2 N–H and O–H groups in total. The monoisotopic (exact) mass is 381 g/mol. The van der Waals surface area contributed by atoms with Gasteiger partial charge in [0.05, 0.1) is 25.7 Å². The molecule has 1 atom stereocenters. The van der Waals surface area contributed by atoms with Crippen molar-refractivity contribution in [3.05, 3.63) is 65.7 Å². The molecule has 6 nitrogen and oxygen atoms in total. The number of benzene rings is 2. The van der Waals surface area contributed by atoms with E-state index in [0.717, 1.165) is 49.7 Å². The van der Waals surface area contributed by atoms with Crippen molar-refractivity contribution < 1.29 is 14.3 Å². The molecule has 3 rings (SSSR count). The van der Waals surface area contributed by atoms with Gasteiger partial charge in [0.2, 0.25) is 11.8 Å². The minimum atomic E-state index is -0.112. The van der Waals surface area contributed by atoms with Crippen LogP contribution in [0.2, 0.25) is 0 Å². The summed E-state index contributed by atoms with van der Waals surface area (Å²) in [7, 11) is 0. The van der Waals surface area contributed by atoms with E-state index in [4.69, 9.17) is 4.74 Å². The number of anilines is 1. The topological polar surface area (TPSA) is 70.7 Å². The van der Waals surface area contributed by atoms with Crippen LogP contribution in [-0.2, 0) is 20.7 Å². The van der Waals surface area contributed by atoms with Gasteiger partial charge < -0.3 is 15.4 Å². The lowest BCUT2D eigenvalue weighted by Gasteiger charge is -2.31. The number of nitrogens with one attached hydrogen (secondary N) is 2. The number of ether oxygens (including phenoxy) is 1. The molecule has 0 radical (unpaired) electrons. The molecule has 0 saturated carbocycles. The lowest BCUT2D eigenvalue weighted by Crippen LogP contribution is -2.43. The van der Waals surface area contributed by atoms with E-state index in [1.54, 1.807) is 0 Å². The Morgan fingerprint density at radius 1 is 1.04 bits per heavy atom. The molecular formula is C22H27N3O3. The maximum atomic E-state index is 12.7. The third-order valence-corrected chi connectivity index (χ3v) is 4.72. The Morgan fingerprint density at radius 2 is 1.71 bits per heavy atom. The second-order valence-corrected chi connectivity index (χ2v) is 7.00. The first-order chi connectivity index (χ1) is 13.6. The fourth-order valence-electron chi connectivity index (χ4n) is 3.30. The molecule has 1 saturated heterocycles. The van der Waals surface area contributed by atoms with Crippen LogP contribution >= 0.6 is 0 Å². The summed E-state index contributed by atoms with van der Waals surface area (Å²) in [6.07, 6.45) is 0.298. The fourth-order valence-corrected chi connectivity index (χ4v) is 3.30. The summed E-state index contributed by atoms with van der Waals surface area (Å²) in [6.45, 7) is 5.46. The Hall–Kier alpha value is -2.70. The maximum Gasteiger partial charge on any atom is 0.224 e. The molecule has 148 valence electrons. The third-order valence-electron chi connectivity index (χ3n) is 4.72. The number of nitrogens with zero attached hydrogens (tertiary/aromatic N) is 1. The van der Waals surface area contributed by atoms with Crippen LogP contribution in [0.5, 0.6) is 0 Å². The molecule has 1 aliphatic rings. The number of morpholine rings is 1. The summed E-state index contributed by atoms with van der Waals surface area (Å²) >= 11 is 0. The van der Waals surface area contributed by atoms with E-state index in [2.05, 4.69) is 15.5 Å². The van der Waals surface area contributed by atoms with Crippen molar-refractivity contribution in [3.63, 3.8) is 0 Å². The SMILES string of the molecule is CC(=O)Nc1ccc(CC(=O)N[C@H](CN2CCOCC2)c2ccccc2)cc1. The highest BCUT2D eigenvalue weighted by Crippen LogP contribution is 2.16. The number of rotatable bonds is 7. The highest BCUT2D eigenvalue weighted by molar-refractivity contribution is 5.88. The predicted molar refractivity (Wildman–Crippen MR) is 109 cm³/mol. The van der Waals surface area contributed by atoms with Gasteiger partial charge in [0.25, 0.3) is 0 Å². The molecule has 0 spiro atoms. The van der Waals surface area contributed by atoms with Crippen LogP contribution in [0.1, 0.15) is 24.1 Å². The lowest BCUT2D eigenvalue weighted by molar-refractivity contribution is -0.121. The van der Waals surface area contributed by atoms with E-state index < -0.39 is 0 Å². The zero-order valence-electron chi connectivity index (χ0n) is 16.2. The minimum Gasteiger partial charge on any atom is -0.379 e. The number of carbonyl (C=O) groups is 2. The summed E-state index contributed by atoms with van der Waals surface area (Å²) in [6, 6.07) is 17.4. The molecule has 0 unspecified atom stereocenters. The molecular weight excluding hydrogens is 354 g/mol. The van der Waals surface area contributed by atoms with Crippen LogP contribution in [0.25, 0.3) is 0 Å². The van der Waals surface area contributed by atoms with E-state index in [-0.39, 0.29) is 17.9 Å². The first-order valence-corrected chi connectivity index (χ1v) is 9.61. The molecule has 0 aliphatic carbocycles. The first kappa shape index (κ1) is 20.0. The Kier molecular flexibility index (Phi) is 7.17. The second-order valence-electron chi connectivity index (χ2n) is 7.00. The average Bonchev–Trinajstić information content (AvgIpc) is 2.70. The Bertz CT molecular complexity index is 771. The zero-order chi connectivity index (χ0) is 19.8. The smallest absolute Gasteiger partial charge is 0.224 e. The van der Waals surface area contributed by atoms with Gasteiger partial charge in [-0.3, -0.25) is 14.5 Å². The van der Waals surface area contributed by atoms with Gasteiger partial charge in [0.15, 0.2) is 0 Å². The van der Waals surface area contributed by atoms with Gasteiger partial charge in [-0.2, -0.15) is 0 Å². The van der Waals surface area contributed by atoms with E-state index in [1.165, 1.54) is 6.92 Å². The molecule has 2 amide bonds. The van der Waals surface area contributed by atoms with E-state index in [1.807, 2.05) is 54.6 Å². The van der Waals surface area contributed by atoms with Crippen molar-refractivity contribution in [2.45, 2.75) is 19.4 Å². The van der Waals surface area contributed by atoms with Gasteiger partial charge in [0, 0.05) is 32.2 Å². The largest absolute Gasteiger partial charge is 0.379 e. The molecule has 2 aromatic carbocycles. The molecule has 0 bridgehead atoms. The summed E-state index contributed by atoms with van der Waals surface area (Å²) in [5, 5.41) is 5.91. The second kappa shape index (κ2) is 10.0. The van der Waals surface area contributed by atoms with Crippen molar-refractivity contribution in [1.82, 2.24) is 10.2 Å². The Labute approximate surface area is 165 Å². The van der Waals surface area contributed by atoms with Gasteiger partial charge in [-0.25, -0.2) is 0 Å². The van der Waals surface area contributed by atoms with E-state index in [0.29, 0.717) is 6.42 Å². The number of amides is 2.